The van der Waals surface area contributed by atoms with Crippen LogP contribution in [0.5, 0.6) is 0 Å². The Balaban J connectivity index is 1.55. The van der Waals surface area contributed by atoms with Crippen LogP contribution in [0.25, 0.3) is 10.7 Å². The molecule has 1 aliphatic heterocycles. The van der Waals surface area contributed by atoms with Crippen molar-refractivity contribution in [3.63, 3.8) is 0 Å². The molecular weight excluding hydrogens is 458 g/mol. The molecule has 2 aromatic heterocycles. The van der Waals surface area contributed by atoms with E-state index in [1.54, 1.807) is 18.3 Å². The van der Waals surface area contributed by atoms with Gasteiger partial charge in [-0.05, 0) is 49.1 Å². The highest BCUT2D eigenvalue weighted by molar-refractivity contribution is 7.89. The molecule has 0 spiro atoms. The first-order valence-electron chi connectivity index (χ1n) is 9.70. The third-order valence-electron chi connectivity index (χ3n) is 4.96. The second-order valence-electron chi connectivity index (χ2n) is 7.34. The number of benzene rings is 1. The molecule has 4 rings (SSSR count). The summed E-state index contributed by atoms with van der Waals surface area (Å²) in [5, 5.41) is 11.6. The van der Waals surface area contributed by atoms with Gasteiger partial charge in [0.05, 0.1) is 5.02 Å². The number of piperidine rings is 1. The normalized spacial score (nSPS) is 17.4. The first-order valence-corrected chi connectivity index (χ1v) is 12.3. The number of sulfonamides is 1. The van der Waals surface area contributed by atoms with Gasteiger partial charge in [0.2, 0.25) is 15.2 Å². The van der Waals surface area contributed by atoms with Crippen LogP contribution in [0.1, 0.15) is 30.1 Å². The van der Waals surface area contributed by atoms with Crippen molar-refractivity contribution in [1.82, 2.24) is 19.5 Å². The van der Waals surface area contributed by atoms with Crippen molar-refractivity contribution in [3.8, 4) is 10.7 Å². The molecular formula is C20H20ClN5O3S2. The van der Waals surface area contributed by atoms with Gasteiger partial charge in [0.15, 0.2) is 5.01 Å². The zero-order chi connectivity index (χ0) is 22.0. The topological polar surface area (TPSA) is 105 Å². The van der Waals surface area contributed by atoms with Crippen LogP contribution in [0.15, 0.2) is 47.5 Å². The molecule has 0 aliphatic carbocycles. The van der Waals surface area contributed by atoms with E-state index in [9.17, 15) is 13.2 Å². The van der Waals surface area contributed by atoms with Gasteiger partial charge in [-0.1, -0.05) is 35.9 Å². The Morgan fingerprint density at radius 1 is 1.26 bits per heavy atom. The number of nitrogens with one attached hydrogen (secondary N) is 1. The molecule has 1 unspecified atom stereocenters. The molecule has 1 atom stereocenters. The van der Waals surface area contributed by atoms with Crippen molar-refractivity contribution in [1.29, 1.82) is 0 Å². The third-order valence-corrected chi connectivity index (χ3v) is 8.17. The van der Waals surface area contributed by atoms with E-state index < -0.39 is 15.9 Å². The van der Waals surface area contributed by atoms with Gasteiger partial charge in [0.25, 0.3) is 5.91 Å². The van der Waals surface area contributed by atoms with Crippen LogP contribution < -0.4 is 5.32 Å². The van der Waals surface area contributed by atoms with Crippen molar-refractivity contribution < 1.29 is 13.2 Å². The van der Waals surface area contributed by atoms with Gasteiger partial charge in [-0.2, -0.15) is 4.31 Å². The van der Waals surface area contributed by atoms with E-state index in [1.807, 2.05) is 13.0 Å². The van der Waals surface area contributed by atoms with Gasteiger partial charge in [-0.3, -0.25) is 15.1 Å². The lowest BCUT2D eigenvalue weighted by Gasteiger charge is -2.30. The summed E-state index contributed by atoms with van der Waals surface area (Å²) in [6.07, 6.45) is 3.44. The van der Waals surface area contributed by atoms with Crippen molar-refractivity contribution >= 4 is 44.0 Å². The Morgan fingerprint density at radius 2 is 2.10 bits per heavy atom. The second kappa shape index (κ2) is 8.99. The second-order valence-corrected chi connectivity index (χ2v) is 10.6. The first-order chi connectivity index (χ1) is 14.8. The lowest BCUT2D eigenvalue weighted by Crippen LogP contribution is -2.39. The quantitative estimate of drug-likeness (QED) is 0.597. The van der Waals surface area contributed by atoms with Gasteiger partial charge in [0, 0.05) is 24.8 Å². The Hall–Kier alpha value is -2.40. The number of amides is 1. The van der Waals surface area contributed by atoms with Crippen molar-refractivity contribution in [2.45, 2.75) is 24.7 Å². The number of halogens is 1. The molecule has 1 aliphatic rings. The summed E-state index contributed by atoms with van der Waals surface area (Å²) in [5.41, 5.74) is 0.818. The van der Waals surface area contributed by atoms with Crippen LogP contribution in [-0.4, -0.2) is 46.9 Å². The SMILES string of the molecule is CC1CCCN(S(=O)(=O)c2cc(C(=O)Nc3nnc(-c4ccccn4)s3)ccc2Cl)C1. The number of hydrogen-bond acceptors (Lipinski definition) is 7. The molecule has 8 nitrogen and oxygen atoms in total. The fraction of sp³-hybridized carbons (Fsp3) is 0.300. The van der Waals surface area contributed by atoms with Gasteiger partial charge in [-0.25, -0.2) is 8.42 Å². The summed E-state index contributed by atoms with van der Waals surface area (Å²) in [7, 11) is -3.80. The minimum absolute atomic E-state index is 0.0673. The van der Waals surface area contributed by atoms with Crippen molar-refractivity contribution in [3.05, 3.63) is 53.2 Å². The van der Waals surface area contributed by atoms with Crippen LogP contribution >= 0.6 is 22.9 Å². The molecule has 1 amide bonds. The smallest absolute Gasteiger partial charge is 0.257 e. The molecule has 162 valence electrons. The summed E-state index contributed by atoms with van der Waals surface area (Å²) >= 11 is 7.38. The molecule has 0 radical (unpaired) electrons. The Morgan fingerprint density at radius 3 is 2.84 bits per heavy atom. The minimum Gasteiger partial charge on any atom is -0.296 e. The first kappa shape index (κ1) is 21.8. The van der Waals surface area contributed by atoms with E-state index in [1.165, 1.54) is 33.8 Å². The number of anilines is 1. The van der Waals surface area contributed by atoms with E-state index in [4.69, 9.17) is 11.6 Å². The zero-order valence-corrected chi connectivity index (χ0v) is 19.0. The summed E-state index contributed by atoms with van der Waals surface area (Å²) in [6, 6.07) is 9.65. The fourth-order valence-electron chi connectivity index (χ4n) is 3.38. The molecule has 1 aromatic carbocycles. The Bertz CT molecular complexity index is 1200. The molecule has 11 heteroatoms. The number of carbonyl (C=O) groups is 1. The van der Waals surface area contributed by atoms with Crippen molar-refractivity contribution in [2.24, 2.45) is 5.92 Å². The predicted octanol–water partition coefficient (Wildman–Crippen LogP) is 3.93. The van der Waals surface area contributed by atoms with E-state index in [0.29, 0.717) is 23.8 Å². The van der Waals surface area contributed by atoms with Crippen LogP contribution in [0.2, 0.25) is 5.02 Å². The molecule has 1 N–H and O–H groups in total. The average Bonchev–Trinajstić information content (AvgIpc) is 3.23. The van der Waals surface area contributed by atoms with Crippen LogP contribution in [-0.2, 0) is 10.0 Å². The maximum atomic E-state index is 13.1. The number of carbonyl (C=O) groups excluding carboxylic acids is 1. The average molecular weight is 478 g/mol. The van der Waals surface area contributed by atoms with Gasteiger partial charge in [0.1, 0.15) is 10.6 Å². The molecule has 1 saturated heterocycles. The highest BCUT2D eigenvalue weighted by Gasteiger charge is 2.31. The highest BCUT2D eigenvalue weighted by Crippen LogP contribution is 2.30. The Kier molecular flexibility index (Phi) is 6.33. The summed E-state index contributed by atoms with van der Waals surface area (Å²) in [6.45, 7) is 2.91. The van der Waals surface area contributed by atoms with Gasteiger partial charge in [-0.15, -0.1) is 10.2 Å². The molecule has 0 saturated carbocycles. The Labute approximate surface area is 189 Å². The van der Waals surface area contributed by atoms with E-state index in [2.05, 4.69) is 20.5 Å². The predicted molar refractivity (Wildman–Crippen MR) is 120 cm³/mol. The van der Waals surface area contributed by atoms with E-state index >= 15 is 0 Å². The molecule has 31 heavy (non-hydrogen) atoms. The lowest BCUT2D eigenvalue weighted by molar-refractivity contribution is 0.102. The maximum absolute atomic E-state index is 13.1. The van der Waals surface area contributed by atoms with Crippen LogP contribution in [0, 0.1) is 5.92 Å². The number of rotatable bonds is 5. The summed E-state index contributed by atoms with van der Waals surface area (Å²) in [4.78, 5) is 16.9. The van der Waals surface area contributed by atoms with E-state index in [0.717, 1.165) is 12.8 Å². The standard InChI is InChI=1S/C20H20ClN5O3S2/c1-13-5-4-10-26(12-13)31(28,29)17-11-14(7-8-15(17)21)18(27)23-20-25-24-19(30-20)16-6-2-3-9-22-16/h2-3,6-9,11,13H,4-5,10,12H2,1H3,(H,23,25,27). The van der Waals surface area contributed by atoms with Gasteiger partial charge >= 0.3 is 0 Å². The molecule has 0 bridgehead atoms. The monoisotopic (exact) mass is 477 g/mol. The fourth-order valence-corrected chi connectivity index (χ4v) is 6.20. The summed E-state index contributed by atoms with van der Waals surface area (Å²) in [5.74, 6) is -0.219. The third kappa shape index (κ3) is 4.77. The number of hydrogen-bond donors (Lipinski definition) is 1. The molecule has 3 aromatic rings. The summed E-state index contributed by atoms with van der Waals surface area (Å²) < 4.78 is 27.7. The molecule has 1 fully saturated rings. The number of nitrogens with zero attached hydrogens (tertiary/aromatic N) is 4. The van der Waals surface area contributed by atoms with Crippen molar-refractivity contribution in [2.75, 3.05) is 18.4 Å². The van der Waals surface area contributed by atoms with Crippen LogP contribution in [0.4, 0.5) is 5.13 Å². The zero-order valence-electron chi connectivity index (χ0n) is 16.7. The number of aromatic nitrogens is 3. The highest BCUT2D eigenvalue weighted by atomic mass is 35.5. The lowest BCUT2D eigenvalue weighted by atomic mass is 10.0. The van der Waals surface area contributed by atoms with Crippen LogP contribution in [0.3, 0.4) is 0 Å². The maximum Gasteiger partial charge on any atom is 0.257 e. The molecule has 3 heterocycles. The minimum atomic E-state index is -3.80. The van der Waals surface area contributed by atoms with Gasteiger partial charge < -0.3 is 0 Å². The number of pyridine rings is 1. The van der Waals surface area contributed by atoms with E-state index in [-0.39, 0.29) is 26.5 Å². The largest absolute Gasteiger partial charge is 0.296 e.